The fraction of sp³-hybridized carbons (Fsp3) is 0.579. The summed E-state index contributed by atoms with van der Waals surface area (Å²) in [6.45, 7) is 9.23. The molecule has 22 heavy (non-hydrogen) atoms. The second-order valence-electron chi connectivity index (χ2n) is 7.06. The maximum absolute atomic E-state index is 3.49. The zero-order valence-corrected chi connectivity index (χ0v) is 14.2. The van der Waals surface area contributed by atoms with Crippen molar-refractivity contribution in [3.05, 3.63) is 36.0 Å². The number of benzene rings is 1. The number of piperidine rings is 1. The Morgan fingerprint density at radius 3 is 2.64 bits per heavy atom. The van der Waals surface area contributed by atoms with Gasteiger partial charge in [0.15, 0.2) is 0 Å². The third-order valence-electron chi connectivity index (χ3n) is 4.84. The van der Waals surface area contributed by atoms with Crippen LogP contribution in [-0.2, 0) is 13.6 Å². The first kappa shape index (κ1) is 15.6. The average Bonchev–Trinajstić information content (AvgIpc) is 2.84. The highest BCUT2D eigenvalue weighted by Gasteiger charge is 2.22. The van der Waals surface area contributed by atoms with E-state index in [9.17, 15) is 0 Å². The van der Waals surface area contributed by atoms with Crippen molar-refractivity contribution in [2.75, 3.05) is 19.6 Å². The second-order valence-corrected chi connectivity index (χ2v) is 7.06. The van der Waals surface area contributed by atoms with Crippen molar-refractivity contribution in [1.29, 1.82) is 0 Å². The lowest BCUT2D eigenvalue weighted by molar-refractivity contribution is 0.135. The Kier molecular flexibility index (Phi) is 4.84. The molecule has 1 saturated heterocycles. The van der Waals surface area contributed by atoms with E-state index in [0.717, 1.165) is 25.7 Å². The summed E-state index contributed by atoms with van der Waals surface area (Å²) in [6, 6.07) is 11.8. The van der Waals surface area contributed by atoms with Crippen LogP contribution in [-0.4, -0.2) is 35.1 Å². The quantitative estimate of drug-likeness (QED) is 0.913. The molecule has 1 aromatic carbocycles. The number of hydrogen-bond donors (Lipinski definition) is 1. The molecule has 0 aliphatic carbocycles. The number of nitrogens with zero attached hydrogens (tertiary/aromatic N) is 2. The lowest BCUT2D eigenvalue weighted by Crippen LogP contribution is -2.44. The van der Waals surface area contributed by atoms with Crippen LogP contribution in [0, 0.1) is 5.92 Å². The number of rotatable bonds is 5. The molecule has 2 aromatic rings. The molecule has 0 spiro atoms. The van der Waals surface area contributed by atoms with Gasteiger partial charge >= 0.3 is 0 Å². The summed E-state index contributed by atoms with van der Waals surface area (Å²) >= 11 is 0. The predicted octanol–water partition coefficient (Wildman–Crippen LogP) is 3.39. The molecule has 1 aromatic heterocycles. The molecule has 3 heteroatoms. The third-order valence-corrected chi connectivity index (χ3v) is 4.84. The van der Waals surface area contributed by atoms with Gasteiger partial charge in [-0.3, -0.25) is 4.90 Å². The van der Waals surface area contributed by atoms with Crippen LogP contribution in [0.5, 0.6) is 0 Å². The van der Waals surface area contributed by atoms with E-state index < -0.39 is 0 Å². The molecule has 2 heterocycles. The number of nitrogens with one attached hydrogen (secondary N) is 1. The highest BCUT2D eigenvalue weighted by Crippen LogP contribution is 2.22. The van der Waals surface area contributed by atoms with Crippen LogP contribution in [0.1, 0.15) is 32.4 Å². The van der Waals surface area contributed by atoms with Crippen LogP contribution < -0.4 is 5.32 Å². The number of para-hydroxylation sites is 1. The van der Waals surface area contributed by atoms with Gasteiger partial charge in [-0.1, -0.05) is 32.0 Å². The standard InChI is InChI=1S/C19H29N3/c1-15(2)13-22(17-8-10-20-11-9-17)14-18-12-16-6-4-5-7-19(16)21(18)3/h4-7,12,15,17,20H,8-11,13-14H2,1-3H3. The van der Waals surface area contributed by atoms with E-state index in [2.05, 4.69) is 66.0 Å². The van der Waals surface area contributed by atoms with Gasteiger partial charge in [-0.25, -0.2) is 0 Å². The molecular formula is C19H29N3. The lowest BCUT2D eigenvalue weighted by atomic mass is 10.0. The van der Waals surface area contributed by atoms with E-state index in [1.165, 1.54) is 36.0 Å². The minimum Gasteiger partial charge on any atom is -0.346 e. The fourth-order valence-corrected chi connectivity index (χ4v) is 3.69. The predicted molar refractivity (Wildman–Crippen MR) is 94.1 cm³/mol. The molecule has 3 nitrogen and oxygen atoms in total. The molecule has 1 fully saturated rings. The molecule has 0 unspecified atom stereocenters. The van der Waals surface area contributed by atoms with Crippen LogP contribution in [0.2, 0.25) is 0 Å². The Bertz CT molecular complexity index is 608. The van der Waals surface area contributed by atoms with Crippen LogP contribution in [0.25, 0.3) is 10.9 Å². The van der Waals surface area contributed by atoms with Crippen molar-refractivity contribution >= 4 is 10.9 Å². The van der Waals surface area contributed by atoms with Crippen LogP contribution >= 0.6 is 0 Å². The minimum absolute atomic E-state index is 0.713. The zero-order valence-electron chi connectivity index (χ0n) is 14.2. The van der Waals surface area contributed by atoms with Gasteiger partial charge < -0.3 is 9.88 Å². The van der Waals surface area contributed by atoms with Crippen LogP contribution in [0.4, 0.5) is 0 Å². The van der Waals surface area contributed by atoms with E-state index >= 15 is 0 Å². The number of aryl methyl sites for hydroxylation is 1. The Balaban J connectivity index is 1.82. The monoisotopic (exact) mass is 299 g/mol. The maximum atomic E-state index is 3.49. The largest absolute Gasteiger partial charge is 0.346 e. The molecule has 3 rings (SSSR count). The minimum atomic E-state index is 0.713. The summed E-state index contributed by atoms with van der Waals surface area (Å²) in [5.74, 6) is 0.713. The summed E-state index contributed by atoms with van der Waals surface area (Å²) in [4.78, 5) is 2.71. The van der Waals surface area contributed by atoms with E-state index in [1.807, 2.05) is 0 Å². The summed E-state index contributed by atoms with van der Waals surface area (Å²) in [5.41, 5.74) is 2.77. The van der Waals surface area contributed by atoms with Gasteiger partial charge in [-0.15, -0.1) is 0 Å². The molecule has 0 radical (unpaired) electrons. The summed E-state index contributed by atoms with van der Waals surface area (Å²) < 4.78 is 2.36. The first-order valence-corrected chi connectivity index (χ1v) is 8.63. The van der Waals surface area contributed by atoms with Crippen molar-refractivity contribution in [2.45, 2.75) is 39.3 Å². The molecule has 1 aliphatic heterocycles. The summed E-state index contributed by atoms with van der Waals surface area (Å²) in [5, 5.41) is 4.84. The maximum Gasteiger partial charge on any atom is 0.0480 e. The van der Waals surface area contributed by atoms with E-state index in [1.54, 1.807) is 0 Å². The topological polar surface area (TPSA) is 20.2 Å². The number of aromatic nitrogens is 1. The molecule has 0 saturated carbocycles. The molecule has 0 amide bonds. The van der Waals surface area contributed by atoms with Crippen LogP contribution in [0.15, 0.2) is 30.3 Å². The van der Waals surface area contributed by atoms with Crippen LogP contribution in [0.3, 0.4) is 0 Å². The van der Waals surface area contributed by atoms with Crippen molar-refractivity contribution in [3.8, 4) is 0 Å². The Morgan fingerprint density at radius 1 is 1.23 bits per heavy atom. The Labute approximate surface area is 134 Å². The molecule has 0 atom stereocenters. The van der Waals surface area contributed by atoms with Gasteiger partial charge in [0, 0.05) is 37.4 Å². The first-order valence-electron chi connectivity index (χ1n) is 8.63. The lowest BCUT2D eigenvalue weighted by Gasteiger charge is -2.35. The van der Waals surface area contributed by atoms with Crippen molar-refractivity contribution < 1.29 is 0 Å². The van der Waals surface area contributed by atoms with Gasteiger partial charge in [0.1, 0.15) is 0 Å². The molecular weight excluding hydrogens is 270 g/mol. The summed E-state index contributed by atoms with van der Waals surface area (Å²) in [7, 11) is 2.20. The van der Waals surface area contributed by atoms with E-state index in [0.29, 0.717) is 5.92 Å². The van der Waals surface area contributed by atoms with E-state index in [4.69, 9.17) is 0 Å². The fourth-order valence-electron chi connectivity index (χ4n) is 3.69. The number of hydrogen-bond acceptors (Lipinski definition) is 2. The summed E-state index contributed by atoms with van der Waals surface area (Å²) in [6.07, 6.45) is 2.55. The van der Waals surface area contributed by atoms with E-state index in [-0.39, 0.29) is 0 Å². The van der Waals surface area contributed by atoms with Gasteiger partial charge in [0.05, 0.1) is 0 Å². The first-order chi connectivity index (χ1) is 10.6. The molecule has 0 bridgehead atoms. The molecule has 1 aliphatic rings. The highest BCUT2D eigenvalue weighted by molar-refractivity contribution is 5.81. The molecule has 120 valence electrons. The third kappa shape index (κ3) is 3.36. The number of fused-ring (bicyclic) bond motifs is 1. The van der Waals surface area contributed by atoms with Gasteiger partial charge in [-0.2, -0.15) is 0 Å². The van der Waals surface area contributed by atoms with Gasteiger partial charge in [0.2, 0.25) is 0 Å². The normalized spacial score (nSPS) is 17.0. The SMILES string of the molecule is CC(C)CN(Cc1cc2ccccc2n1C)C1CCNCC1. The van der Waals surface area contributed by atoms with Gasteiger partial charge in [-0.05, 0) is 49.4 Å². The Hall–Kier alpha value is -1.32. The van der Waals surface area contributed by atoms with Crippen molar-refractivity contribution in [2.24, 2.45) is 13.0 Å². The van der Waals surface area contributed by atoms with Crippen molar-refractivity contribution in [3.63, 3.8) is 0 Å². The smallest absolute Gasteiger partial charge is 0.0480 e. The highest BCUT2D eigenvalue weighted by atomic mass is 15.2. The second kappa shape index (κ2) is 6.84. The van der Waals surface area contributed by atoms with Crippen molar-refractivity contribution in [1.82, 2.24) is 14.8 Å². The Morgan fingerprint density at radius 2 is 1.95 bits per heavy atom. The molecule has 1 N–H and O–H groups in total. The van der Waals surface area contributed by atoms with Gasteiger partial charge in [0.25, 0.3) is 0 Å². The zero-order chi connectivity index (χ0) is 15.5. The average molecular weight is 299 g/mol.